The number of amides is 1. The van der Waals surface area contributed by atoms with Gasteiger partial charge in [-0.2, -0.15) is 0 Å². The summed E-state index contributed by atoms with van der Waals surface area (Å²) < 4.78 is 6.66. The molecule has 7 nitrogen and oxygen atoms in total. The molecule has 1 aromatic heterocycles. The molecule has 0 bridgehead atoms. The van der Waals surface area contributed by atoms with E-state index in [1.54, 1.807) is 11.8 Å². The van der Waals surface area contributed by atoms with Crippen LogP contribution in [0.2, 0.25) is 0 Å². The number of ether oxygens (including phenoxy) is 1. The number of rotatable bonds is 3. The van der Waals surface area contributed by atoms with Gasteiger partial charge in [-0.25, -0.2) is 4.79 Å². The average molecular weight is 280 g/mol. The first-order chi connectivity index (χ1) is 9.49. The number of morpholine rings is 1. The first kappa shape index (κ1) is 14.3. The van der Waals surface area contributed by atoms with Gasteiger partial charge in [-0.05, 0) is 6.92 Å². The van der Waals surface area contributed by atoms with Gasteiger partial charge in [0.2, 0.25) is 5.91 Å². The monoisotopic (exact) mass is 280 g/mol. The van der Waals surface area contributed by atoms with E-state index in [1.807, 2.05) is 0 Å². The lowest BCUT2D eigenvalue weighted by Gasteiger charge is -2.27. The van der Waals surface area contributed by atoms with Crippen LogP contribution in [-0.4, -0.2) is 52.8 Å². The molecule has 1 aromatic rings. The van der Waals surface area contributed by atoms with Crippen LogP contribution in [0.3, 0.4) is 0 Å². The lowest BCUT2D eigenvalue weighted by Crippen LogP contribution is -2.42. The van der Waals surface area contributed by atoms with E-state index in [9.17, 15) is 14.4 Å². The SMILES string of the molecule is Cc1cc(=O)c(C(=O)O)cn1CC(=O)N1CCOCC1. The molecule has 0 unspecified atom stereocenters. The number of nitrogens with zero attached hydrogens (tertiary/aromatic N) is 2. The van der Waals surface area contributed by atoms with Crippen LogP contribution < -0.4 is 5.43 Å². The van der Waals surface area contributed by atoms with Crippen molar-refractivity contribution in [3.05, 3.63) is 33.7 Å². The van der Waals surface area contributed by atoms with E-state index in [1.165, 1.54) is 16.8 Å². The fourth-order valence-corrected chi connectivity index (χ4v) is 2.06. The summed E-state index contributed by atoms with van der Waals surface area (Å²) in [5.41, 5.74) is -0.322. The maximum absolute atomic E-state index is 12.1. The Labute approximate surface area is 115 Å². The van der Waals surface area contributed by atoms with Crippen LogP contribution in [-0.2, 0) is 16.1 Å². The number of carboxylic acids is 1. The molecule has 1 saturated heterocycles. The van der Waals surface area contributed by atoms with Crippen molar-refractivity contribution in [2.45, 2.75) is 13.5 Å². The minimum absolute atomic E-state index is 0.0202. The Hall–Kier alpha value is -2.15. The van der Waals surface area contributed by atoms with Crippen LogP contribution in [0.1, 0.15) is 16.1 Å². The van der Waals surface area contributed by atoms with Crippen molar-refractivity contribution in [1.82, 2.24) is 9.47 Å². The number of hydrogen-bond donors (Lipinski definition) is 1. The van der Waals surface area contributed by atoms with Crippen molar-refractivity contribution in [1.29, 1.82) is 0 Å². The number of carbonyl (C=O) groups excluding carboxylic acids is 1. The first-order valence-electron chi connectivity index (χ1n) is 6.29. The van der Waals surface area contributed by atoms with Gasteiger partial charge in [0.05, 0.1) is 13.2 Å². The lowest BCUT2D eigenvalue weighted by molar-refractivity contribution is -0.135. The molecule has 1 aliphatic heterocycles. The van der Waals surface area contributed by atoms with Crippen LogP contribution in [0.25, 0.3) is 0 Å². The predicted octanol–water partition coefficient (Wildman–Crippen LogP) is -0.286. The predicted molar refractivity (Wildman–Crippen MR) is 69.8 cm³/mol. The molecule has 7 heteroatoms. The van der Waals surface area contributed by atoms with E-state index < -0.39 is 11.4 Å². The number of aromatic nitrogens is 1. The minimum atomic E-state index is -1.29. The molecule has 108 valence electrons. The fourth-order valence-electron chi connectivity index (χ4n) is 2.06. The quantitative estimate of drug-likeness (QED) is 0.822. The Bertz CT molecular complexity index is 587. The van der Waals surface area contributed by atoms with Gasteiger partial charge in [-0.15, -0.1) is 0 Å². The van der Waals surface area contributed by atoms with E-state index in [-0.39, 0.29) is 18.0 Å². The van der Waals surface area contributed by atoms with Gasteiger partial charge in [-0.1, -0.05) is 0 Å². The van der Waals surface area contributed by atoms with Gasteiger partial charge in [0.15, 0.2) is 5.43 Å². The van der Waals surface area contributed by atoms with Crippen LogP contribution in [0.5, 0.6) is 0 Å². The molecule has 20 heavy (non-hydrogen) atoms. The number of hydrogen-bond acceptors (Lipinski definition) is 4. The van der Waals surface area contributed by atoms with Gasteiger partial charge < -0.3 is 19.3 Å². The highest BCUT2D eigenvalue weighted by molar-refractivity contribution is 5.87. The van der Waals surface area contributed by atoms with Crippen molar-refractivity contribution in [2.75, 3.05) is 26.3 Å². The van der Waals surface area contributed by atoms with E-state index in [4.69, 9.17) is 9.84 Å². The molecule has 0 saturated carbocycles. The molecule has 1 amide bonds. The second kappa shape index (κ2) is 5.87. The summed E-state index contributed by atoms with van der Waals surface area (Å²) in [5, 5.41) is 8.94. The summed E-state index contributed by atoms with van der Waals surface area (Å²) in [6, 6.07) is 1.23. The van der Waals surface area contributed by atoms with E-state index >= 15 is 0 Å². The highest BCUT2D eigenvalue weighted by Gasteiger charge is 2.18. The van der Waals surface area contributed by atoms with Crippen molar-refractivity contribution in [3.63, 3.8) is 0 Å². The Morgan fingerprint density at radius 3 is 2.60 bits per heavy atom. The fraction of sp³-hybridized carbons (Fsp3) is 0.462. The van der Waals surface area contributed by atoms with Gasteiger partial charge in [0.25, 0.3) is 0 Å². The zero-order valence-electron chi connectivity index (χ0n) is 11.2. The lowest BCUT2D eigenvalue weighted by atomic mass is 10.2. The molecule has 1 fully saturated rings. The van der Waals surface area contributed by atoms with Crippen molar-refractivity contribution >= 4 is 11.9 Å². The van der Waals surface area contributed by atoms with Crippen LogP contribution in [0.4, 0.5) is 0 Å². The molecule has 0 aliphatic carbocycles. The third-order valence-corrected chi connectivity index (χ3v) is 3.24. The summed E-state index contributed by atoms with van der Waals surface area (Å²) >= 11 is 0. The highest BCUT2D eigenvalue weighted by Crippen LogP contribution is 2.04. The van der Waals surface area contributed by atoms with E-state index in [0.29, 0.717) is 32.0 Å². The molecule has 1 aliphatic rings. The van der Waals surface area contributed by atoms with Gasteiger partial charge in [0, 0.05) is 31.0 Å². The summed E-state index contributed by atoms with van der Waals surface area (Å²) in [5.74, 6) is -1.40. The van der Waals surface area contributed by atoms with Gasteiger partial charge >= 0.3 is 5.97 Å². The Morgan fingerprint density at radius 1 is 1.35 bits per heavy atom. The third-order valence-electron chi connectivity index (χ3n) is 3.24. The molecule has 0 spiro atoms. The summed E-state index contributed by atoms with van der Waals surface area (Å²) in [6.07, 6.45) is 1.22. The second-order valence-corrected chi connectivity index (χ2v) is 4.62. The van der Waals surface area contributed by atoms with Crippen LogP contribution in [0, 0.1) is 6.92 Å². The number of carbonyl (C=O) groups is 2. The Balaban J connectivity index is 2.20. The van der Waals surface area contributed by atoms with Crippen molar-refractivity contribution in [3.8, 4) is 0 Å². The van der Waals surface area contributed by atoms with Gasteiger partial charge in [-0.3, -0.25) is 9.59 Å². The maximum Gasteiger partial charge on any atom is 0.341 e. The molecule has 0 atom stereocenters. The summed E-state index contributed by atoms with van der Waals surface area (Å²) in [4.78, 5) is 36.2. The Morgan fingerprint density at radius 2 is 2.00 bits per heavy atom. The van der Waals surface area contributed by atoms with Crippen LogP contribution in [0.15, 0.2) is 17.1 Å². The normalized spacial score (nSPS) is 15.2. The third kappa shape index (κ3) is 3.05. The zero-order chi connectivity index (χ0) is 14.7. The van der Waals surface area contributed by atoms with Crippen molar-refractivity contribution < 1.29 is 19.4 Å². The highest BCUT2D eigenvalue weighted by atomic mass is 16.5. The topological polar surface area (TPSA) is 88.8 Å². The number of pyridine rings is 1. The zero-order valence-corrected chi connectivity index (χ0v) is 11.2. The van der Waals surface area contributed by atoms with E-state index in [0.717, 1.165) is 0 Å². The first-order valence-corrected chi connectivity index (χ1v) is 6.29. The molecular formula is C13H16N2O5. The summed E-state index contributed by atoms with van der Waals surface area (Å²) in [7, 11) is 0. The summed E-state index contributed by atoms with van der Waals surface area (Å²) in [6.45, 7) is 3.77. The number of aromatic carboxylic acids is 1. The molecule has 0 aromatic carbocycles. The molecular weight excluding hydrogens is 264 g/mol. The van der Waals surface area contributed by atoms with Gasteiger partial charge in [0.1, 0.15) is 12.1 Å². The Kier molecular flexibility index (Phi) is 4.19. The van der Waals surface area contributed by atoms with Crippen LogP contribution >= 0.6 is 0 Å². The second-order valence-electron chi connectivity index (χ2n) is 4.62. The smallest absolute Gasteiger partial charge is 0.341 e. The molecule has 2 heterocycles. The largest absolute Gasteiger partial charge is 0.477 e. The molecule has 1 N–H and O–H groups in total. The van der Waals surface area contributed by atoms with Crippen molar-refractivity contribution in [2.24, 2.45) is 0 Å². The number of carboxylic acid groups (broad SMARTS) is 1. The maximum atomic E-state index is 12.1. The standard InChI is InChI=1S/C13H16N2O5/c1-9-6-11(16)10(13(18)19)7-15(9)8-12(17)14-2-4-20-5-3-14/h6-7H,2-5,8H2,1H3,(H,18,19). The average Bonchev–Trinajstić information content (AvgIpc) is 2.42. The molecule has 2 rings (SSSR count). The molecule has 0 radical (unpaired) electrons. The number of aryl methyl sites for hydroxylation is 1. The minimum Gasteiger partial charge on any atom is -0.477 e. The van der Waals surface area contributed by atoms with E-state index in [2.05, 4.69) is 0 Å².